The summed E-state index contributed by atoms with van der Waals surface area (Å²) in [5, 5.41) is 2.90. The van der Waals surface area contributed by atoms with E-state index in [9.17, 15) is 0 Å². The Balaban J connectivity index is 1.86. The molecule has 0 unspecified atom stereocenters. The van der Waals surface area contributed by atoms with Crippen LogP contribution in [0.15, 0.2) is 0 Å². The molecule has 0 aromatic rings. The van der Waals surface area contributed by atoms with E-state index in [0.717, 1.165) is 6.61 Å². The molecule has 1 saturated heterocycles. The molecule has 0 N–H and O–H groups in total. The first-order chi connectivity index (χ1) is 6.43. The zero-order valence-corrected chi connectivity index (χ0v) is 10.2. The fourth-order valence-electron chi connectivity index (χ4n) is 2.01. The van der Waals surface area contributed by atoms with Gasteiger partial charge in [-0.3, -0.25) is 0 Å². The fourth-order valence-corrected chi connectivity index (χ4v) is 4.62. The van der Waals surface area contributed by atoms with Crippen molar-refractivity contribution in [2.75, 3.05) is 6.61 Å². The van der Waals surface area contributed by atoms with E-state index in [1.165, 1.54) is 55.5 Å². The lowest BCUT2D eigenvalue weighted by Crippen LogP contribution is -2.22. The Kier molecular flexibility index (Phi) is 6.99. The Morgan fingerprint density at radius 3 is 2.62 bits per heavy atom. The Labute approximate surface area is 87.6 Å². The van der Waals surface area contributed by atoms with Gasteiger partial charge in [-0.25, -0.2) is 0 Å². The summed E-state index contributed by atoms with van der Waals surface area (Å²) in [6.07, 6.45) is 9.88. The molecule has 1 heterocycles. The molecule has 0 aromatic carbocycles. The van der Waals surface area contributed by atoms with Gasteiger partial charge < -0.3 is 3.79 Å². The van der Waals surface area contributed by atoms with E-state index in [-0.39, 0.29) is 0 Å². The van der Waals surface area contributed by atoms with Crippen molar-refractivity contribution in [2.45, 2.75) is 62.4 Å². The van der Waals surface area contributed by atoms with Gasteiger partial charge in [-0.1, -0.05) is 56.0 Å². The highest BCUT2D eigenvalue weighted by Crippen LogP contribution is 2.17. The maximum absolute atomic E-state index is 5.82. The van der Waals surface area contributed by atoms with Gasteiger partial charge in [-0.05, 0) is 6.42 Å². The normalized spacial score (nSPS) is 17.8. The van der Waals surface area contributed by atoms with E-state index < -0.39 is 14.5 Å². The predicted octanol–water partition coefficient (Wildman–Crippen LogP) is 3.76. The molecule has 0 atom stereocenters. The van der Waals surface area contributed by atoms with Crippen molar-refractivity contribution in [2.24, 2.45) is 0 Å². The van der Waals surface area contributed by atoms with Crippen LogP contribution in [0.2, 0.25) is 10.6 Å². The molecule has 76 valence electrons. The Morgan fingerprint density at radius 1 is 1.08 bits per heavy atom. The molecule has 2 heteroatoms. The molecule has 0 radical (unpaired) electrons. The standard InChI is InChI=1S/C7H15.C4H8O.Al/c1-3-5-7-6-4-2;1-2-3-4-5;/h1,3-7H2,2H3;1-4H2;/q;-1;+1. The molecule has 0 spiro atoms. The van der Waals surface area contributed by atoms with Crippen molar-refractivity contribution in [3.05, 3.63) is 0 Å². The molecular weight excluding hydrogens is 175 g/mol. The van der Waals surface area contributed by atoms with Crippen LogP contribution in [-0.4, -0.2) is 21.1 Å². The van der Waals surface area contributed by atoms with Crippen LogP contribution in [0.25, 0.3) is 0 Å². The summed E-state index contributed by atoms with van der Waals surface area (Å²) in [5.74, 6) is 0. The van der Waals surface area contributed by atoms with Gasteiger partial charge in [-0.15, -0.1) is 0 Å². The van der Waals surface area contributed by atoms with Crippen LogP contribution in [0.3, 0.4) is 0 Å². The summed E-state index contributed by atoms with van der Waals surface area (Å²) in [6.45, 7) is 3.35. The van der Waals surface area contributed by atoms with E-state index in [1.807, 2.05) is 0 Å². The second-order valence-corrected chi connectivity index (χ2v) is 6.92. The van der Waals surface area contributed by atoms with E-state index in [1.54, 1.807) is 0 Å². The monoisotopic (exact) mass is 198 g/mol. The van der Waals surface area contributed by atoms with Gasteiger partial charge in [0.1, 0.15) is 0 Å². The SMILES string of the molecule is CCCCCC[CH2][Al]1[CH2]CCC[O]1. The molecule has 0 aliphatic carbocycles. The van der Waals surface area contributed by atoms with Crippen molar-refractivity contribution < 1.29 is 3.79 Å². The third-order valence-corrected chi connectivity index (χ3v) is 5.72. The third-order valence-electron chi connectivity index (χ3n) is 2.90. The van der Waals surface area contributed by atoms with E-state index in [0.29, 0.717) is 0 Å². The molecular formula is C11H23AlO. The first-order valence-corrected chi connectivity index (χ1v) is 8.15. The first kappa shape index (κ1) is 11.6. The summed E-state index contributed by atoms with van der Waals surface area (Å²) in [5.41, 5.74) is 0. The van der Waals surface area contributed by atoms with Crippen LogP contribution in [-0.2, 0) is 3.79 Å². The van der Waals surface area contributed by atoms with Crippen LogP contribution < -0.4 is 0 Å². The smallest absolute Gasteiger partial charge is 0.460 e. The number of unbranched alkanes of at least 4 members (excludes halogenated alkanes) is 4. The van der Waals surface area contributed by atoms with Crippen molar-refractivity contribution in [3.63, 3.8) is 0 Å². The van der Waals surface area contributed by atoms with Gasteiger partial charge in [-0.2, -0.15) is 0 Å². The molecule has 1 aliphatic rings. The maximum Gasteiger partial charge on any atom is 0.460 e. The number of hydrogen-bond acceptors (Lipinski definition) is 1. The quantitative estimate of drug-likeness (QED) is 0.466. The molecule has 1 fully saturated rings. The molecule has 0 aromatic heterocycles. The van der Waals surface area contributed by atoms with Crippen LogP contribution >= 0.6 is 0 Å². The number of rotatable bonds is 6. The molecule has 1 aliphatic heterocycles. The molecule has 1 rings (SSSR count). The molecule has 0 amide bonds. The minimum Gasteiger partial charge on any atom is -0.501 e. The first-order valence-electron chi connectivity index (χ1n) is 6.05. The number of hydrogen-bond donors (Lipinski definition) is 0. The zero-order valence-electron chi connectivity index (χ0n) is 9.06. The van der Waals surface area contributed by atoms with Gasteiger partial charge >= 0.3 is 14.5 Å². The van der Waals surface area contributed by atoms with Gasteiger partial charge in [0.15, 0.2) is 0 Å². The second kappa shape index (κ2) is 7.86. The Bertz CT molecular complexity index is 111. The maximum atomic E-state index is 5.82. The van der Waals surface area contributed by atoms with Crippen molar-refractivity contribution in [3.8, 4) is 0 Å². The van der Waals surface area contributed by atoms with Crippen LogP contribution in [0, 0.1) is 0 Å². The predicted molar refractivity (Wildman–Crippen MR) is 59.3 cm³/mol. The van der Waals surface area contributed by atoms with Crippen molar-refractivity contribution >= 4 is 14.5 Å². The average Bonchev–Trinajstić information content (AvgIpc) is 2.19. The largest absolute Gasteiger partial charge is 0.501 e. The lowest BCUT2D eigenvalue weighted by atomic mass is 10.2. The highest BCUT2D eigenvalue weighted by molar-refractivity contribution is 6.51. The van der Waals surface area contributed by atoms with E-state index in [4.69, 9.17) is 3.79 Å². The highest BCUT2D eigenvalue weighted by atomic mass is 27.2. The van der Waals surface area contributed by atoms with Crippen molar-refractivity contribution in [1.29, 1.82) is 0 Å². The molecule has 1 nitrogen and oxygen atoms in total. The lowest BCUT2D eigenvalue weighted by molar-refractivity contribution is 0.285. The second-order valence-electron chi connectivity index (χ2n) is 4.19. The Hall–Kier alpha value is 0.492. The topological polar surface area (TPSA) is 9.23 Å². The van der Waals surface area contributed by atoms with Gasteiger partial charge in [0.05, 0.1) is 0 Å². The summed E-state index contributed by atoms with van der Waals surface area (Å²) < 4.78 is 5.82. The summed E-state index contributed by atoms with van der Waals surface area (Å²) >= 11 is -0.678. The molecule has 0 bridgehead atoms. The van der Waals surface area contributed by atoms with Gasteiger partial charge in [0.2, 0.25) is 0 Å². The summed E-state index contributed by atoms with van der Waals surface area (Å²) in [7, 11) is 0. The van der Waals surface area contributed by atoms with E-state index in [2.05, 4.69) is 6.92 Å². The minimum absolute atomic E-state index is 0.678. The third kappa shape index (κ3) is 5.73. The van der Waals surface area contributed by atoms with Crippen LogP contribution in [0.1, 0.15) is 51.9 Å². The molecule has 0 saturated carbocycles. The summed E-state index contributed by atoms with van der Waals surface area (Å²) in [6, 6.07) is 0. The average molecular weight is 198 g/mol. The van der Waals surface area contributed by atoms with Crippen molar-refractivity contribution in [1.82, 2.24) is 0 Å². The van der Waals surface area contributed by atoms with Gasteiger partial charge in [0.25, 0.3) is 0 Å². The Morgan fingerprint density at radius 2 is 1.92 bits per heavy atom. The van der Waals surface area contributed by atoms with Crippen LogP contribution in [0.5, 0.6) is 0 Å². The van der Waals surface area contributed by atoms with Gasteiger partial charge in [0, 0.05) is 6.61 Å². The van der Waals surface area contributed by atoms with Crippen LogP contribution in [0.4, 0.5) is 0 Å². The zero-order chi connectivity index (χ0) is 9.36. The lowest BCUT2D eigenvalue weighted by Gasteiger charge is -2.17. The minimum atomic E-state index is -0.678. The fraction of sp³-hybridized carbons (Fsp3) is 1.00. The highest BCUT2D eigenvalue weighted by Gasteiger charge is 2.22. The summed E-state index contributed by atoms with van der Waals surface area (Å²) in [4.78, 5) is 0. The molecule has 13 heavy (non-hydrogen) atoms. The van der Waals surface area contributed by atoms with E-state index >= 15 is 0 Å².